The fraction of sp³-hybridized carbons (Fsp3) is 0.667. The highest BCUT2D eigenvalue weighted by molar-refractivity contribution is 5.48. The van der Waals surface area contributed by atoms with E-state index < -0.39 is 0 Å². The van der Waals surface area contributed by atoms with Gasteiger partial charge in [-0.05, 0) is 12.8 Å². The molecule has 102 valence electrons. The van der Waals surface area contributed by atoms with Crippen LogP contribution >= 0.6 is 0 Å². The van der Waals surface area contributed by atoms with Crippen molar-refractivity contribution in [2.75, 3.05) is 37.1 Å². The van der Waals surface area contributed by atoms with Gasteiger partial charge in [0.05, 0.1) is 6.61 Å². The van der Waals surface area contributed by atoms with Crippen LogP contribution in [-0.2, 0) is 4.74 Å². The number of nitrogens with zero attached hydrogens (tertiary/aromatic N) is 3. The summed E-state index contributed by atoms with van der Waals surface area (Å²) < 4.78 is 5.15. The Kier molecular flexibility index (Phi) is 5.80. The fourth-order valence-corrected chi connectivity index (χ4v) is 1.75. The molecule has 0 aromatic carbocycles. The van der Waals surface area contributed by atoms with Gasteiger partial charge in [0, 0.05) is 32.0 Å². The Morgan fingerprint density at radius 3 is 2.78 bits per heavy atom. The lowest BCUT2D eigenvalue weighted by Gasteiger charge is -2.26. The molecule has 3 N–H and O–H groups in total. The predicted molar refractivity (Wildman–Crippen MR) is 73.5 cm³/mol. The van der Waals surface area contributed by atoms with Gasteiger partial charge in [0.2, 0.25) is 5.95 Å². The predicted octanol–water partition coefficient (Wildman–Crippen LogP) is 1.18. The summed E-state index contributed by atoms with van der Waals surface area (Å²) in [7, 11) is 1.70. The zero-order chi connectivity index (χ0) is 13.5. The Labute approximate surface area is 109 Å². The van der Waals surface area contributed by atoms with Crippen molar-refractivity contribution in [1.29, 1.82) is 0 Å². The minimum atomic E-state index is 0.432. The van der Waals surface area contributed by atoms with Crippen molar-refractivity contribution < 1.29 is 4.74 Å². The summed E-state index contributed by atoms with van der Waals surface area (Å²) in [6.07, 6.45) is 1.78. The van der Waals surface area contributed by atoms with Gasteiger partial charge in [-0.3, -0.25) is 5.43 Å². The lowest BCUT2D eigenvalue weighted by Crippen LogP contribution is -2.32. The third kappa shape index (κ3) is 4.12. The molecule has 0 aliphatic heterocycles. The number of methoxy groups -OCH3 is 1. The standard InChI is InChI=1S/C12H23N5O/c1-9(2)8-17(5-6-18-4)11-10(3)7-14-12(15-11)16-13/h7,9H,5-6,8,13H2,1-4H3,(H,14,15,16). The highest BCUT2D eigenvalue weighted by Crippen LogP contribution is 2.18. The number of hydrogen-bond acceptors (Lipinski definition) is 6. The van der Waals surface area contributed by atoms with Gasteiger partial charge in [-0.1, -0.05) is 13.8 Å². The molecule has 1 aromatic heterocycles. The van der Waals surface area contributed by atoms with Crippen LogP contribution in [0, 0.1) is 12.8 Å². The number of nitrogens with one attached hydrogen (secondary N) is 1. The maximum absolute atomic E-state index is 5.35. The van der Waals surface area contributed by atoms with Crippen LogP contribution in [0.15, 0.2) is 6.20 Å². The van der Waals surface area contributed by atoms with Crippen LogP contribution in [0.2, 0.25) is 0 Å². The Morgan fingerprint density at radius 1 is 1.50 bits per heavy atom. The van der Waals surface area contributed by atoms with Gasteiger partial charge in [-0.15, -0.1) is 0 Å². The normalized spacial score (nSPS) is 10.8. The largest absolute Gasteiger partial charge is 0.383 e. The van der Waals surface area contributed by atoms with E-state index >= 15 is 0 Å². The molecule has 0 saturated carbocycles. The summed E-state index contributed by atoms with van der Waals surface area (Å²) in [5.74, 6) is 7.24. The zero-order valence-corrected chi connectivity index (χ0v) is 11.6. The molecule has 0 atom stereocenters. The SMILES string of the molecule is COCCN(CC(C)C)c1nc(NN)ncc1C. The van der Waals surface area contributed by atoms with Crippen LogP contribution in [-0.4, -0.2) is 36.8 Å². The quantitative estimate of drug-likeness (QED) is 0.561. The Bertz CT molecular complexity index is 369. The summed E-state index contributed by atoms with van der Waals surface area (Å²) >= 11 is 0. The Hall–Kier alpha value is -1.40. The smallest absolute Gasteiger partial charge is 0.239 e. The van der Waals surface area contributed by atoms with E-state index in [1.165, 1.54) is 0 Å². The molecule has 0 fully saturated rings. The third-order valence-corrected chi connectivity index (χ3v) is 2.52. The maximum atomic E-state index is 5.35. The van der Waals surface area contributed by atoms with Crippen molar-refractivity contribution in [3.63, 3.8) is 0 Å². The molecule has 1 aromatic rings. The van der Waals surface area contributed by atoms with Crippen molar-refractivity contribution in [2.45, 2.75) is 20.8 Å². The summed E-state index contributed by atoms with van der Waals surface area (Å²) in [4.78, 5) is 10.7. The molecular weight excluding hydrogens is 230 g/mol. The Morgan fingerprint density at radius 2 is 2.22 bits per heavy atom. The summed E-state index contributed by atoms with van der Waals surface area (Å²) in [6, 6.07) is 0. The van der Waals surface area contributed by atoms with E-state index in [4.69, 9.17) is 10.6 Å². The van der Waals surface area contributed by atoms with E-state index in [1.807, 2.05) is 6.92 Å². The first kappa shape index (κ1) is 14.7. The van der Waals surface area contributed by atoms with Gasteiger partial charge in [-0.2, -0.15) is 4.98 Å². The van der Waals surface area contributed by atoms with Gasteiger partial charge < -0.3 is 9.64 Å². The number of rotatable bonds is 7. The van der Waals surface area contributed by atoms with Crippen molar-refractivity contribution >= 4 is 11.8 Å². The monoisotopic (exact) mass is 253 g/mol. The number of aryl methyl sites for hydroxylation is 1. The van der Waals surface area contributed by atoms with Crippen LogP contribution in [0.25, 0.3) is 0 Å². The number of nitrogen functional groups attached to an aromatic ring is 1. The van der Waals surface area contributed by atoms with Gasteiger partial charge in [0.15, 0.2) is 0 Å². The van der Waals surface area contributed by atoms with Gasteiger partial charge in [0.1, 0.15) is 5.82 Å². The molecule has 0 aliphatic rings. The van der Waals surface area contributed by atoms with E-state index in [9.17, 15) is 0 Å². The van der Waals surface area contributed by atoms with Crippen molar-refractivity contribution in [3.05, 3.63) is 11.8 Å². The average Bonchev–Trinajstić information content (AvgIpc) is 2.35. The molecule has 0 unspecified atom stereocenters. The van der Waals surface area contributed by atoms with Gasteiger partial charge in [-0.25, -0.2) is 10.8 Å². The molecule has 0 saturated heterocycles. The first-order valence-corrected chi connectivity index (χ1v) is 6.12. The first-order valence-electron chi connectivity index (χ1n) is 6.12. The second-order valence-corrected chi connectivity index (χ2v) is 4.68. The minimum Gasteiger partial charge on any atom is -0.383 e. The number of ether oxygens (including phenoxy) is 1. The number of anilines is 2. The lowest BCUT2D eigenvalue weighted by atomic mass is 10.2. The molecule has 1 rings (SSSR count). The molecule has 0 amide bonds. The number of nitrogens with two attached hydrogens (primary N) is 1. The second kappa shape index (κ2) is 7.13. The molecule has 6 heteroatoms. The average molecular weight is 253 g/mol. The molecule has 6 nitrogen and oxygen atoms in total. The number of hydrazine groups is 1. The topological polar surface area (TPSA) is 76.3 Å². The molecule has 0 spiro atoms. The highest BCUT2D eigenvalue weighted by atomic mass is 16.5. The highest BCUT2D eigenvalue weighted by Gasteiger charge is 2.13. The third-order valence-electron chi connectivity index (χ3n) is 2.52. The second-order valence-electron chi connectivity index (χ2n) is 4.68. The van der Waals surface area contributed by atoms with Crippen molar-refractivity contribution in [2.24, 2.45) is 11.8 Å². The van der Waals surface area contributed by atoms with E-state index in [0.29, 0.717) is 18.5 Å². The number of hydrogen-bond donors (Lipinski definition) is 2. The zero-order valence-electron chi connectivity index (χ0n) is 11.6. The Balaban J connectivity index is 2.94. The van der Waals surface area contributed by atoms with Crippen LogP contribution in [0.1, 0.15) is 19.4 Å². The molecule has 0 aliphatic carbocycles. The maximum Gasteiger partial charge on any atom is 0.239 e. The van der Waals surface area contributed by atoms with Crippen molar-refractivity contribution in [1.82, 2.24) is 9.97 Å². The lowest BCUT2D eigenvalue weighted by molar-refractivity contribution is 0.204. The van der Waals surface area contributed by atoms with Crippen LogP contribution < -0.4 is 16.2 Å². The van der Waals surface area contributed by atoms with Crippen LogP contribution in [0.5, 0.6) is 0 Å². The number of aromatic nitrogens is 2. The summed E-state index contributed by atoms with van der Waals surface area (Å²) in [6.45, 7) is 8.75. The molecular formula is C12H23N5O. The van der Waals surface area contributed by atoms with E-state index in [1.54, 1.807) is 13.3 Å². The molecule has 0 bridgehead atoms. The van der Waals surface area contributed by atoms with Gasteiger partial charge >= 0.3 is 0 Å². The van der Waals surface area contributed by atoms with Gasteiger partial charge in [0.25, 0.3) is 0 Å². The van der Waals surface area contributed by atoms with Crippen molar-refractivity contribution in [3.8, 4) is 0 Å². The van der Waals surface area contributed by atoms with E-state index in [-0.39, 0.29) is 0 Å². The minimum absolute atomic E-state index is 0.432. The van der Waals surface area contributed by atoms with E-state index in [2.05, 4.69) is 34.1 Å². The molecule has 0 radical (unpaired) electrons. The summed E-state index contributed by atoms with van der Waals surface area (Å²) in [5, 5.41) is 0. The first-order chi connectivity index (χ1) is 8.58. The van der Waals surface area contributed by atoms with E-state index in [0.717, 1.165) is 24.5 Å². The summed E-state index contributed by atoms with van der Waals surface area (Å²) in [5.41, 5.74) is 3.51. The van der Waals surface area contributed by atoms with Crippen LogP contribution in [0.3, 0.4) is 0 Å². The fourth-order valence-electron chi connectivity index (χ4n) is 1.75. The van der Waals surface area contributed by atoms with Crippen LogP contribution in [0.4, 0.5) is 11.8 Å². The molecule has 1 heterocycles. The molecule has 18 heavy (non-hydrogen) atoms.